The Morgan fingerprint density at radius 2 is 2.15 bits per heavy atom. The standard InChI is InChI=1S/C10H9F3N2O4S/c11-10(12,13)6-5(8(17)18)20-9(14-6)15-7(16)4-2-1-3-19-4/h4H,1-3H2,(H,17,18)(H,14,15,16). The van der Waals surface area contributed by atoms with Crippen molar-refractivity contribution in [2.24, 2.45) is 0 Å². The van der Waals surface area contributed by atoms with E-state index in [1.54, 1.807) is 0 Å². The van der Waals surface area contributed by atoms with E-state index in [-0.39, 0.29) is 11.3 Å². The largest absolute Gasteiger partial charge is 0.477 e. The number of hydrogen-bond donors (Lipinski definition) is 2. The number of carbonyl (C=O) groups is 2. The fourth-order valence-electron chi connectivity index (χ4n) is 1.68. The molecular weight excluding hydrogens is 301 g/mol. The molecule has 1 aromatic rings. The van der Waals surface area contributed by atoms with Crippen LogP contribution in [-0.2, 0) is 15.7 Å². The number of ether oxygens (including phenoxy) is 1. The van der Waals surface area contributed by atoms with Crippen LogP contribution in [0.3, 0.4) is 0 Å². The number of alkyl halides is 3. The van der Waals surface area contributed by atoms with E-state index >= 15 is 0 Å². The monoisotopic (exact) mass is 310 g/mol. The van der Waals surface area contributed by atoms with Gasteiger partial charge in [0, 0.05) is 6.61 Å². The summed E-state index contributed by atoms with van der Waals surface area (Å²) in [6, 6.07) is 0. The number of halogens is 3. The zero-order chi connectivity index (χ0) is 14.9. The molecule has 1 atom stereocenters. The Hall–Kier alpha value is -1.68. The summed E-state index contributed by atoms with van der Waals surface area (Å²) in [6.07, 6.45) is -4.47. The lowest BCUT2D eigenvalue weighted by molar-refractivity contribution is -0.141. The minimum atomic E-state index is -4.89. The molecule has 2 N–H and O–H groups in total. The maximum absolute atomic E-state index is 12.6. The van der Waals surface area contributed by atoms with Crippen LogP contribution >= 0.6 is 11.3 Å². The van der Waals surface area contributed by atoms with E-state index in [0.29, 0.717) is 19.4 Å². The fraction of sp³-hybridized carbons (Fsp3) is 0.500. The predicted octanol–water partition coefficient (Wildman–Crippen LogP) is 1.98. The van der Waals surface area contributed by atoms with Gasteiger partial charge in [-0.2, -0.15) is 13.2 Å². The lowest BCUT2D eigenvalue weighted by Gasteiger charge is -2.07. The molecule has 1 aromatic heterocycles. The van der Waals surface area contributed by atoms with E-state index in [4.69, 9.17) is 9.84 Å². The van der Waals surface area contributed by atoms with Crippen molar-refractivity contribution in [2.45, 2.75) is 25.1 Å². The first kappa shape index (κ1) is 14.7. The Labute approximate surface area is 114 Å². The molecule has 0 saturated carbocycles. The maximum Gasteiger partial charge on any atom is 0.435 e. The van der Waals surface area contributed by atoms with E-state index in [1.807, 2.05) is 0 Å². The number of carboxylic acid groups (broad SMARTS) is 1. The molecule has 6 nitrogen and oxygen atoms in total. The van der Waals surface area contributed by atoms with Gasteiger partial charge < -0.3 is 9.84 Å². The van der Waals surface area contributed by atoms with Crippen LogP contribution in [0, 0.1) is 0 Å². The summed E-state index contributed by atoms with van der Waals surface area (Å²) in [4.78, 5) is 24.6. The quantitative estimate of drug-likeness (QED) is 0.891. The summed E-state index contributed by atoms with van der Waals surface area (Å²) in [6.45, 7) is 0.407. The van der Waals surface area contributed by atoms with Crippen LogP contribution in [-0.4, -0.2) is 34.7 Å². The highest BCUT2D eigenvalue weighted by Gasteiger charge is 2.40. The lowest BCUT2D eigenvalue weighted by Crippen LogP contribution is -2.26. The molecule has 0 aliphatic carbocycles. The van der Waals surface area contributed by atoms with Crippen LogP contribution in [0.1, 0.15) is 28.2 Å². The minimum absolute atomic E-state index is 0.263. The van der Waals surface area contributed by atoms with E-state index in [9.17, 15) is 22.8 Å². The summed E-state index contributed by atoms with van der Waals surface area (Å²) < 4.78 is 42.9. The Balaban J connectivity index is 2.20. The molecule has 2 heterocycles. The number of thiazole rings is 1. The van der Waals surface area contributed by atoms with Gasteiger partial charge in [-0.15, -0.1) is 0 Å². The van der Waals surface area contributed by atoms with E-state index in [0.717, 1.165) is 0 Å². The normalized spacial score (nSPS) is 19.1. The van der Waals surface area contributed by atoms with Crippen molar-refractivity contribution in [2.75, 3.05) is 11.9 Å². The van der Waals surface area contributed by atoms with Gasteiger partial charge >= 0.3 is 12.1 Å². The molecular formula is C10H9F3N2O4S. The first-order valence-corrected chi connectivity index (χ1v) is 6.34. The number of amides is 1. The SMILES string of the molecule is O=C(O)c1sc(NC(=O)C2CCCO2)nc1C(F)(F)F. The number of rotatable bonds is 3. The summed E-state index contributed by atoms with van der Waals surface area (Å²) >= 11 is 0.263. The molecule has 110 valence electrons. The van der Waals surface area contributed by atoms with Gasteiger partial charge in [0.15, 0.2) is 10.8 Å². The molecule has 1 fully saturated rings. The second-order valence-electron chi connectivity index (χ2n) is 3.99. The number of hydrogen-bond acceptors (Lipinski definition) is 5. The third-order valence-corrected chi connectivity index (χ3v) is 3.50. The van der Waals surface area contributed by atoms with Crippen molar-refractivity contribution in [3.05, 3.63) is 10.6 Å². The zero-order valence-corrected chi connectivity index (χ0v) is 10.7. The second-order valence-corrected chi connectivity index (χ2v) is 4.99. The molecule has 2 rings (SSSR count). The van der Waals surface area contributed by atoms with Crippen LogP contribution in [0.25, 0.3) is 0 Å². The zero-order valence-electron chi connectivity index (χ0n) is 9.86. The highest BCUT2D eigenvalue weighted by Crippen LogP contribution is 2.36. The van der Waals surface area contributed by atoms with Crippen LogP contribution in [0.15, 0.2) is 0 Å². The Bertz CT molecular complexity index is 537. The van der Waals surface area contributed by atoms with Crippen LogP contribution in [0.5, 0.6) is 0 Å². The number of carbonyl (C=O) groups excluding carboxylic acids is 1. The average molecular weight is 310 g/mol. The molecule has 1 aliphatic heterocycles. The summed E-state index contributed by atoms with van der Waals surface area (Å²) in [5.74, 6) is -2.37. The Morgan fingerprint density at radius 3 is 2.60 bits per heavy atom. The van der Waals surface area contributed by atoms with Crippen LogP contribution in [0.4, 0.5) is 18.3 Å². The highest BCUT2D eigenvalue weighted by atomic mass is 32.1. The lowest BCUT2D eigenvalue weighted by atomic mass is 10.2. The van der Waals surface area contributed by atoms with Crippen molar-refractivity contribution in [3.63, 3.8) is 0 Å². The van der Waals surface area contributed by atoms with Crippen molar-refractivity contribution in [1.82, 2.24) is 4.98 Å². The third-order valence-electron chi connectivity index (χ3n) is 2.54. The van der Waals surface area contributed by atoms with Crippen molar-refractivity contribution >= 4 is 28.3 Å². The molecule has 1 unspecified atom stereocenters. The molecule has 0 radical (unpaired) electrons. The minimum Gasteiger partial charge on any atom is -0.477 e. The van der Waals surface area contributed by atoms with Crippen molar-refractivity contribution in [3.8, 4) is 0 Å². The number of anilines is 1. The topological polar surface area (TPSA) is 88.5 Å². The van der Waals surface area contributed by atoms with Gasteiger partial charge in [-0.3, -0.25) is 10.1 Å². The van der Waals surface area contributed by atoms with E-state index < -0.39 is 39.9 Å². The van der Waals surface area contributed by atoms with Crippen molar-refractivity contribution in [1.29, 1.82) is 0 Å². The van der Waals surface area contributed by atoms with Gasteiger partial charge in [-0.1, -0.05) is 11.3 Å². The Morgan fingerprint density at radius 1 is 1.45 bits per heavy atom. The van der Waals surface area contributed by atoms with Crippen LogP contribution < -0.4 is 5.32 Å². The molecule has 0 aromatic carbocycles. The number of aromatic nitrogens is 1. The summed E-state index contributed by atoms with van der Waals surface area (Å²) in [5, 5.41) is 10.5. The van der Waals surface area contributed by atoms with Gasteiger partial charge in [-0.05, 0) is 12.8 Å². The van der Waals surface area contributed by atoms with Crippen molar-refractivity contribution < 1.29 is 32.6 Å². The van der Waals surface area contributed by atoms with Gasteiger partial charge in [0.05, 0.1) is 0 Å². The van der Waals surface area contributed by atoms with Gasteiger partial charge in [0.2, 0.25) is 0 Å². The average Bonchev–Trinajstić information content (AvgIpc) is 2.96. The van der Waals surface area contributed by atoms with E-state index in [2.05, 4.69) is 10.3 Å². The molecule has 1 aliphatic rings. The van der Waals surface area contributed by atoms with Gasteiger partial charge in [-0.25, -0.2) is 9.78 Å². The number of nitrogens with one attached hydrogen (secondary N) is 1. The second kappa shape index (κ2) is 5.37. The Kier molecular flexibility index (Phi) is 3.95. The van der Waals surface area contributed by atoms with Gasteiger partial charge in [0.25, 0.3) is 5.91 Å². The number of nitrogens with zero attached hydrogens (tertiary/aromatic N) is 1. The molecule has 0 spiro atoms. The first-order valence-electron chi connectivity index (χ1n) is 5.53. The molecule has 20 heavy (non-hydrogen) atoms. The summed E-state index contributed by atoms with van der Waals surface area (Å²) in [5.41, 5.74) is -1.52. The fourth-order valence-corrected chi connectivity index (χ4v) is 2.51. The first-order chi connectivity index (χ1) is 9.29. The number of aromatic carboxylic acids is 1. The molecule has 0 bridgehead atoms. The number of carboxylic acids is 1. The van der Waals surface area contributed by atoms with E-state index in [1.165, 1.54) is 0 Å². The smallest absolute Gasteiger partial charge is 0.435 e. The molecule has 1 amide bonds. The predicted molar refractivity (Wildman–Crippen MR) is 61.7 cm³/mol. The maximum atomic E-state index is 12.6. The van der Waals surface area contributed by atoms with Gasteiger partial charge in [0.1, 0.15) is 11.0 Å². The third kappa shape index (κ3) is 3.07. The molecule has 10 heteroatoms. The highest BCUT2D eigenvalue weighted by molar-refractivity contribution is 7.17. The summed E-state index contributed by atoms with van der Waals surface area (Å²) in [7, 11) is 0. The molecule has 1 saturated heterocycles. The van der Waals surface area contributed by atoms with Crippen LogP contribution in [0.2, 0.25) is 0 Å².